The second-order valence-electron chi connectivity index (χ2n) is 7.40. The van der Waals surface area contributed by atoms with Crippen molar-refractivity contribution in [2.75, 3.05) is 26.7 Å². The van der Waals surface area contributed by atoms with Crippen LogP contribution in [0.4, 0.5) is 0 Å². The molecule has 0 saturated carbocycles. The molecule has 0 amide bonds. The van der Waals surface area contributed by atoms with Gasteiger partial charge in [-0.3, -0.25) is 4.98 Å². The summed E-state index contributed by atoms with van der Waals surface area (Å²) in [7, 11) is 2.03. The minimum atomic E-state index is 0.307. The predicted octanol–water partition coefficient (Wildman–Crippen LogP) is 4.36. The number of aromatic nitrogens is 1. The molecule has 4 nitrogen and oxygen atoms in total. The average Bonchev–Trinajstić information content (AvgIpc) is 2.73. The highest BCUT2D eigenvalue weighted by Crippen LogP contribution is 2.24. The minimum Gasteiger partial charge on any atom is -0.355 e. The molecule has 1 aromatic heterocycles. The smallest absolute Gasteiger partial charge is 0.101 e. The van der Waals surface area contributed by atoms with Crippen molar-refractivity contribution in [3.63, 3.8) is 0 Å². The van der Waals surface area contributed by atoms with Crippen molar-refractivity contribution < 1.29 is 0 Å². The molecular weight excluding hydrogens is 344 g/mol. The number of piperazine rings is 1. The SMILES string of the molecule is C=C(/C=C(\C)c1ccncc1)N(C)C(=C)N1CCNC(c2cccc(C)c2)C1. The van der Waals surface area contributed by atoms with Crippen molar-refractivity contribution >= 4 is 5.57 Å². The van der Waals surface area contributed by atoms with Crippen LogP contribution in [-0.4, -0.2) is 41.5 Å². The molecule has 0 radical (unpaired) electrons. The fourth-order valence-electron chi connectivity index (χ4n) is 3.52. The number of pyridine rings is 1. The fourth-order valence-corrected chi connectivity index (χ4v) is 3.52. The number of rotatable bonds is 6. The van der Waals surface area contributed by atoms with Gasteiger partial charge in [0, 0.05) is 50.8 Å². The van der Waals surface area contributed by atoms with Gasteiger partial charge in [0.1, 0.15) is 5.82 Å². The summed E-state index contributed by atoms with van der Waals surface area (Å²) in [5.74, 6) is 0.975. The summed E-state index contributed by atoms with van der Waals surface area (Å²) in [4.78, 5) is 8.49. The van der Waals surface area contributed by atoms with E-state index in [1.54, 1.807) is 0 Å². The summed E-state index contributed by atoms with van der Waals surface area (Å²) in [5.41, 5.74) is 5.84. The number of allylic oxidation sites excluding steroid dienone is 2. The van der Waals surface area contributed by atoms with Crippen molar-refractivity contribution in [3.05, 3.63) is 96.2 Å². The molecule has 1 aliphatic heterocycles. The van der Waals surface area contributed by atoms with Crippen molar-refractivity contribution in [1.29, 1.82) is 0 Å². The van der Waals surface area contributed by atoms with Crippen molar-refractivity contribution in [2.45, 2.75) is 19.9 Å². The second-order valence-corrected chi connectivity index (χ2v) is 7.40. The van der Waals surface area contributed by atoms with E-state index >= 15 is 0 Å². The zero-order valence-corrected chi connectivity index (χ0v) is 17.2. The molecule has 28 heavy (non-hydrogen) atoms. The minimum absolute atomic E-state index is 0.307. The Labute approximate surface area is 168 Å². The molecule has 146 valence electrons. The second kappa shape index (κ2) is 8.89. The molecule has 2 heterocycles. The maximum atomic E-state index is 4.35. The Morgan fingerprint density at radius 2 is 2.00 bits per heavy atom. The van der Waals surface area contributed by atoms with Crippen LogP contribution in [0.15, 0.2) is 79.5 Å². The Morgan fingerprint density at radius 3 is 2.71 bits per heavy atom. The Kier molecular flexibility index (Phi) is 6.32. The van der Waals surface area contributed by atoms with Gasteiger partial charge < -0.3 is 15.1 Å². The molecule has 0 bridgehead atoms. The summed E-state index contributed by atoms with van der Waals surface area (Å²) < 4.78 is 0. The maximum Gasteiger partial charge on any atom is 0.101 e. The summed E-state index contributed by atoms with van der Waals surface area (Å²) in [6, 6.07) is 13.0. The van der Waals surface area contributed by atoms with Gasteiger partial charge >= 0.3 is 0 Å². The van der Waals surface area contributed by atoms with Crippen LogP contribution in [0.25, 0.3) is 5.57 Å². The van der Waals surface area contributed by atoms with Crippen LogP contribution in [0.3, 0.4) is 0 Å². The highest BCUT2D eigenvalue weighted by atomic mass is 15.3. The van der Waals surface area contributed by atoms with E-state index < -0.39 is 0 Å². The zero-order chi connectivity index (χ0) is 20.1. The Balaban J connectivity index is 1.67. The topological polar surface area (TPSA) is 31.4 Å². The van der Waals surface area contributed by atoms with Gasteiger partial charge in [0.05, 0.1) is 0 Å². The van der Waals surface area contributed by atoms with E-state index in [1.165, 1.54) is 11.1 Å². The molecule has 1 atom stereocenters. The molecule has 2 aromatic rings. The first-order valence-corrected chi connectivity index (χ1v) is 9.71. The molecule has 1 unspecified atom stereocenters. The quantitative estimate of drug-likeness (QED) is 0.762. The summed E-state index contributed by atoms with van der Waals surface area (Å²) >= 11 is 0. The molecule has 1 aliphatic rings. The molecule has 1 fully saturated rings. The van der Waals surface area contributed by atoms with Crippen LogP contribution < -0.4 is 5.32 Å². The third kappa shape index (κ3) is 4.70. The normalized spacial score (nSPS) is 17.3. The number of nitrogens with zero attached hydrogens (tertiary/aromatic N) is 3. The Hall–Kier alpha value is -2.85. The monoisotopic (exact) mass is 374 g/mol. The van der Waals surface area contributed by atoms with E-state index in [-0.39, 0.29) is 0 Å². The van der Waals surface area contributed by atoms with Crippen LogP contribution >= 0.6 is 0 Å². The standard InChI is InChI=1S/C24H30N4/c1-18-7-6-8-23(15-18)24-17-28(14-13-26-24)21(4)27(5)20(3)16-19(2)22-9-11-25-12-10-22/h6-12,15-16,24,26H,3-4,13-14,17H2,1-2,5H3/b19-16+. The third-order valence-corrected chi connectivity index (χ3v) is 5.32. The van der Waals surface area contributed by atoms with E-state index in [0.717, 1.165) is 42.3 Å². The van der Waals surface area contributed by atoms with Gasteiger partial charge in [-0.05, 0) is 48.8 Å². The van der Waals surface area contributed by atoms with E-state index in [9.17, 15) is 0 Å². The molecule has 4 heteroatoms. The molecule has 1 saturated heterocycles. The van der Waals surface area contributed by atoms with Gasteiger partial charge in [-0.2, -0.15) is 0 Å². The lowest BCUT2D eigenvalue weighted by Crippen LogP contribution is -2.47. The Morgan fingerprint density at radius 1 is 1.25 bits per heavy atom. The molecule has 0 aliphatic carbocycles. The van der Waals surface area contributed by atoms with E-state index in [0.29, 0.717) is 6.04 Å². The maximum absolute atomic E-state index is 4.35. The largest absolute Gasteiger partial charge is 0.355 e. The number of aryl methyl sites for hydroxylation is 1. The summed E-state index contributed by atoms with van der Waals surface area (Å²) in [6.07, 6.45) is 5.72. The number of likely N-dealkylation sites (N-methyl/N-ethyl adjacent to an activating group) is 1. The first-order valence-electron chi connectivity index (χ1n) is 9.71. The van der Waals surface area contributed by atoms with Crippen LogP contribution in [0, 0.1) is 6.92 Å². The molecule has 1 N–H and O–H groups in total. The van der Waals surface area contributed by atoms with E-state index in [4.69, 9.17) is 0 Å². The van der Waals surface area contributed by atoms with Gasteiger partial charge in [-0.1, -0.05) is 43.0 Å². The number of benzene rings is 1. The molecule has 1 aromatic carbocycles. The summed E-state index contributed by atoms with van der Waals surface area (Å²) in [5, 5.41) is 3.63. The van der Waals surface area contributed by atoms with Crippen molar-refractivity contribution in [3.8, 4) is 0 Å². The molecule has 3 rings (SSSR count). The van der Waals surface area contributed by atoms with Gasteiger partial charge in [0.2, 0.25) is 0 Å². The van der Waals surface area contributed by atoms with E-state index in [1.807, 2.05) is 31.6 Å². The van der Waals surface area contributed by atoms with E-state index in [2.05, 4.69) is 77.4 Å². The summed E-state index contributed by atoms with van der Waals surface area (Å²) in [6.45, 7) is 15.6. The lowest BCUT2D eigenvalue weighted by atomic mass is 10.0. The Bertz CT molecular complexity index is 869. The van der Waals surface area contributed by atoms with Gasteiger partial charge in [0.15, 0.2) is 0 Å². The number of nitrogens with one attached hydrogen (secondary N) is 1. The van der Waals surface area contributed by atoms with Gasteiger partial charge in [0.25, 0.3) is 0 Å². The predicted molar refractivity (Wildman–Crippen MR) is 117 cm³/mol. The van der Waals surface area contributed by atoms with Crippen LogP contribution in [0.1, 0.15) is 29.7 Å². The molecular formula is C24H30N4. The third-order valence-electron chi connectivity index (χ3n) is 5.32. The number of hydrogen-bond acceptors (Lipinski definition) is 4. The zero-order valence-electron chi connectivity index (χ0n) is 17.2. The number of hydrogen-bond donors (Lipinski definition) is 1. The van der Waals surface area contributed by atoms with Crippen molar-refractivity contribution in [2.24, 2.45) is 0 Å². The average molecular weight is 375 g/mol. The van der Waals surface area contributed by atoms with Crippen LogP contribution in [0.5, 0.6) is 0 Å². The van der Waals surface area contributed by atoms with Crippen molar-refractivity contribution in [1.82, 2.24) is 20.1 Å². The first kappa shape index (κ1) is 19.9. The highest BCUT2D eigenvalue weighted by Gasteiger charge is 2.23. The first-order chi connectivity index (χ1) is 13.5. The lowest BCUT2D eigenvalue weighted by Gasteiger charge is -2.39. The molecule has 0 spiro atoms. The highest BCUT2D eigenvalue weighted by molar-refractivity contribution is 5.65. The van der Waals surface area contributed by atoms with Crippen LogP contribution in [0.2, 0.25) is 0 Å². The van der Waals surface area contributed by atoms with Gasteiger partial charge in [-0.25, -0.2) is 0 Å². The fraction of sp³-hybridized carbons (Fsp3) is 0.292. The lowest BCUT2D eigenvalue weighted by molar-refractivity contribution is 0.203. The van der Waals surface area contributed by atoms with Crippen LogP contribution in [-0.2, 0) is 0 Å². The van der Waals surface area contributed by atoms with Gasteiger partial charge in [-0.15, -0.1) is 0 Å².